The maximum absolute atomic E-state index is 10.3. The third kappa shape index (κ3) is 4.13. The van der Waals surface area contributed by atoms with E-state index < -0.39 is 37.3 Å². The molecule has 22 heavy (non-hydrogen) atoms. The molecule has 6 nitrogen and oxygen atoms in total. The lowest BCUT2D eigenvalue weighted by molar-refractivity contribution is -0.306. The number of hydrogen-bond donors (Lipinski definition) is 3. The van der Waals surface area contributed by atoms with Gasteiger partial charge < -0.3 is 29.5 Å². The van der Waals surface area contributed by atoms with Crippen molar-refractivity contribution < 1.29 is 29.5 Å². The first-order valence-electron chi connectivity index (χ1n) is 7.18. The van der Waals surface area contributed by atoms with Gasteiger partial charge in [-0.25, -0.2) is 0 Å². The Morgan fingerprint density at radius 2 is 1.86 bits per heavy atom. The molecule has 3 N–H and O–H groups in total. The lowest BCUT2D eigenvalue weighted by Gasteiger charge is -2.41. The molecule has 1 fully saturated rings. The molecule has 0 aliphatic carbocycles. The van der Waals surface area contributed by atoms with Crippen LogP contribution in [0.1, 0.15) is 5.56 Å². The largest absolute Gasteiger partial charge is 0.394 e. The molecular weight excluding hydrogens is 288 g/mol. The minimum atomic E-state index is -1.17. The van der Waals surface area contributed by atoms with Crippen molar-refractivity contribution in [3.8, 4) is 0 Å². The molecule has 1 aromatic carbocycles. The number of aliphatic hydroxyl groups excluding tert-OH is 3. The Balaban J connectivity index is 2.02. The number of ether oxygens (including phenoxy) is 3. The summed E-state index contributed by atoms with van der Waals surface area (Å²) in [6.45, 7) is 3.54. The summed E-state index contributed by atoms with van der Waals surface area (Å²) in [5.74, 6) is 0. The summed E-state index contributed by atoms with van der Waals surface area (Å²) in [6.07, 6.45) is -3.57. The molecule has 5 atom stereocenters. The zero-order valence-corrected chi connectivity index (χ0v) is 12.2. The fourth-order valence-corrected chi connectivity index (χ4v) is 2.32. The van der Waals surface area contributed by atoms with Crippen molar-refractivity contribution in [2.24, 2.45) is 0 Å². The minimum absolute atomic E-state index is 0.182. The van der Waals surface area contributed by atoms with E-state index in [1.165, 1.54) is 6.08 Å². The van der Waals surface area contributed by atoms with Crippen molar-refractivity contribution in [3.63, 3.8) is 0 Å². The van der Waals surface area contributed by atoms with Crippen LogP contribution < -0.4 is 0 Å². The summed E-state index contributed by atoms with van der Waals surface area (Å²) >= 11 is 0. The van der Waals surface area contributed by atoms with Crippen LogP contribution in [0.2, 0.25) is 0 Å². The van der Waals surface area contributed by atoms with Crippen molar-refractivity contribution in [1.29, 1.82) is 0 Å². The van der Waals surface area contributed by atoms with E-state index in [2.05, 4.69) is 6.58 Å². The van der Waals surface area contributed by atoms with Gasteiger partial charge >= 0.3 is 0 Å². The monoisotopic (exact) mass is 310 g/mol. The molecule has 0 amide bonds. The van der Waals surface area contributed by atoms with Gasteiger partial charge in [0, 0.05) is 0 Å². The van der Waals surface area contributed by atoms with Gasteiger partial charge in [0.2, 0.25) is 0 Å². The fourth-order valence-electron chi connectivity index (χ4n) is 2.32. The third-order valence-corrected chi connectivity index (χ3v) is 3.49. The molecule has 0 bridgehead atoms. The highest BCUT2D eigenvalue weighted by molar-refractivity contribution is 5.13. The molecule has 0 radical (unpaired) electrons. The second kappa shape index (κ2) is 8.38. The standard InChI is InChI=1S/C16H22O6/c1-2-8-20-16-14(19)15(13(18)12(9-17)22-16)21-10-11-6-4-3-5-7-11/h2-7,12-19H,1,8-10H2/t12-,13-,14-,15+,16?/m1/s1. The molecule has 0 aromatic heterocycles. The average molecular weight is 310 g/mol. The van der Waals surface area contributed by atoms with Gasteiger partial charge in [0.15, 0.2) is 6.29 Å². The van der Waals surface area contributed by atoms with Gasteiger partial charge in [-0.2, -0.15) is 0 Å². The van der Waals surface area contributed by atoms with Crippen LogP contribution in [-0.2, 0) is 20.8 Å². The predicted molar refractivity (Wildman–Crippen MR) is 78.9 cm³/mol. The van der Waals surface area contributed by atoms with Gasteiger partial charge in [0.1, 0.15) is 24.4 Å². The molecule has 0 spiro atoms. The van der Waals surface area contributed by atoms with Crippen LogP contribution in [-0.4, -0.2) is 59.2 Å². The van der Waals surface area contributed by atoms with Gasteiger partial charge in [-0.1, -0.05) is 36.4 Å². The topological polar surface area (TPSA) is 88.4 Å². The number of rotatable bonds is 7. The quantitative estimate of drug-likeness (QED) is 0.624. The molecule has 6 heteroatoms. The van der Waals surface area contributed by atoms with E-state index in [4.69, 9.17) is 14.2 Å². The number of benzene rings is 1. The second-order valence-electron chi connectivity index (χ2n) is 5.09. The highest BCUT2D eigenvalue weighted by Gasteiger charge is 2.45. The SMILES string of the molecule is C=CCOC1O[C@H](CO)[C@@H](O)[C@H](OCc2ccccc2)[C@H]1O. The molecule has 1 aliphatic heterocycles. The summed E-state index contributed by atoms with van der Waals surface area (Å²) in [5, 5.41) is 29.7. The normalized spacial score (nSPS) is 31.9. The first-order chi connectivity index (χ1) is 10.7. The van der Waals surface area contributed by atoms with Gasteiger partial charge in [-0.15, -0.1) is 6.58 Å². The first kappa shape index (κ1) is 17.1. The van der Waals surface area contributed by atoms with Crippen LogP contribution in [0.5, 0.6) is 0 Å². The highest BCUT2D eigenvalue weighted by atomic mass is 16.7. The lowest BCUT2D eigenvalue weighted by Crippen LogP contribution is -2.60. The molecule has 1 aliphatic rings. The van der Waals surface area contributed by atoms with Crippen molar-refractivity contribution in [1.82, 2.24) is 0 Å². The predicted octanol–water partition coefficient (Wildman–Crippen LogP) is 0.213. The minimum Gasteiger partial charge on any atom is -0.394 e. The number of hydrogen-bond acceptors (Lipinski definition) is 6. The van der Waals surface area contributed by atoms with E-state index >= 15 is 0 Å². The maximum Gasteiger partial charge on any atom is 0.187 e. The Hall–Kier alpha value is -1.28. The van der Waals surface area contributed by atoms with E-state index in [1.807, 2.05) is 30.3 Å². The van der Waals surface area contributed by atoms with Crippen LogP contribution in [0.25, 0.3) is 0 Å². The Morgan fingerprint density at radius 3 is 2.50 bits per heavy atom. The second-order valence-corrected chi connectivity index (χ2v) is 5.09. The van der Waals surface area contributed by atoms with Gasteiger partial charge in [-0.05, 0) is 5.56 Å². The Kier molecular flexibility index (Phi) is 6.50. The summed E-state index contributed by atoms with van der Waals surface area (Å²) in [6, 6.07) is 9.41. The molecular formula is C16H22O6. The number of aliphatic hydroxyl groups is 3. The summed E-state index contributed by atoms with van der Waals surface area (Å²) in [7, 11) is 0. The van der Waals surface area contributed by atoms with E-state index in [1.54, 1.807) is 0 Å². The molecule has 1 unspecified atom stereocenters. The molecule has 122 valence electrons. The van der Waals surface area contributed by atoms with Crippen LogP contribution in [0.3, 0.4) is 0 Å². The van der Waals surface area contributed by atoms with Crippen LogP contribution in [0.4, 0.5) is 0 Å². The molecule has 2 rings (SSSR count). The van der Waals surface area contributed by atoms with E-state index in [0.29, 0.717) is 0 Å². The molecule has 1 saturated heterocycles. The van der Waals surface area contributed by atoms with Gasteiger partial charge in [-0.3, -0.25) is 0 Å². The average Bonchev–Trinajstić information content (AvgIpc) is 2.55. The van der Waals surface area contributed by atoms with Gasteiger partial charge in [0.05, 0.1) is 19.8 Å². The Labute approximate surface area is 129 Å². The third-order valence-electron chi connectivity index (χ3n) is 3.49. The molecule has 1 aromatic rings. The fraction of sp³-hybridized carbons (Fsp3) is 0.500. The van der Waals surface area contributed by atoms with Crippen molar-refractivity contribution >= 4 is 0 Å². The first-order valence-corrected chi connectivity index (χ1v) is 7.18. The molecule has 0 saturated carbocycles. The van der Waals surface area contributed by atoms with E-state index in [9.17, 15) is 15.3 Å². The van der Waals surface area contributed by atoms with E-state index in [0.717, 1.165) is 5.56 Å². The zero-order valence-electron chi connectivity index (χ0n) is 12.2. The van der Waals surface area contributed by atoms with E-state index in [-0.39, 0.29) is 13.2 Å². The Morgan fingerprint density at radius 1 is 1.14 bits per heavy atom. The van der Waals surface area contributed by atoms with Crippen LogP contribution in [0.15, 0.2) is 43.0 Å². The van der Waals surface area contributed by atoms with Gasteiger partial charge in [0.25, 0.3) is 0 Å². The highest BCUT2D eigenvalue weighted by Crippen LogP contribution is 2.25. The van der Waals surface area contributed by atoms with Crippen molar-refractivity contribution in [2.75, 3.05) is 13.2 Å². The summed E-state index contributed by atoms with van der Waals surface area (Å²) in [5.41, 5.74) is 0.914. The smallest absolute Gasteiger partial charge is 0.187 e. The summed E-state index contributed by atoms with van der Waals surface area (Å²) < 4.78 is 16.3. The van der Waals surface area contributed by atoms with Crippen LogP contribution in [0, 0.1) is 0 Å². The maximum atomic E-state index is 10.3. The van der Waals surface area contributed by atoms with Crippen LogP contribution >= 0.6 is 0 Å². The lowest BCUT2D eigenvalue weighted by atomic mass is 9.99. The Bertz CT molecular complexity index is 451. The molecule has 1 heterocycles. The summed E-state index contributed by atoms with van der Waals surface area (Å²) in [4.78, 5) is 0. The zero-order chi connectivity index (χ0) is 15.9. The van der Waals surface area contributed by atoms with Crippen molar-refractivity contribution in [3.05, 3.63) is 48.6 Å². The van der Waals surface area contributed by atoms with Crippen molar-refractivity contribution in [2.45, 2.75) is 37.3 Å².